The van der Waals surface area contributed by atoms with Gasteiger partial charge in [-0.1, -0.05) is 66.2 Å². The van der Waals surface area contributed by atoms with Crippen molar-refractivity contribution >= 4 is 20.8 Å². The molecule has 162 valence electrons. The van der Waals surface area contributed by atoms with Gasteiger partial charge in [-0.15, -0.1) is 0 Å². The second-order valence-electron chi connectivity index (χ2n) is 8.17. The van der Waals surface area contributed by atoms with E-state index in [0.717, 1.165) is 10.9 Å². The van der Waals surface area contributed by atoms with Crippen molar-refractivity contribution in [2.24, 2.45) is 0 Å². The number of benzene rings is 3. The average Bonchev–Trinajstić information content (AvgIpc) is 2.80. The highest BCUT2D eigenvalue weighted by atomic mass is 32.2. The van der Waals surface area contributed by atoms with Crippen molar-refractivity contribution in [2.45, 2.75) is 31.2 Å². The zero-order valence-electron chi connectivity index (χ0n) is 17.7. The van der Waals surface area contributed by atoms with E-state index in [1.54, 1.807) is 12.1 Å². The summed E-state index contributed by atoms with van der Waals surface area (Å²) >= 11 is 0. The lowest BCUT2D eigenvalue weighted by atomic mass is 10.1. The number of H-pyrrole nitrogens is 1. The third-order valence-electron chi connectivity index (χ3n) is 5.94. The molecule has 7 heteroatoms. The van der Waals surface area contributed by atoms with Gasteiger partial charge in [-0.3, -0.25) is 4.79 Å². The van der Waals surface area contributed by atoms with E-state index in [0.29, 0.717) is 41.9 Å². The summed E-state index contributed by atoms with van der Waals surface area (Å²) in [6, 6.07) is 20.8. The van der Waals surface area contributed by atoms with E-state index in [9.17, 15) is 13.2 Å². The molecule has 0 unspecified atom stereocenters. The molecule has 6 nitrogen and oxygen atoms in total. The van der Waals surface area contributed by atoms with Gasteiger partial charge in [0, 0.05) is 31.3 Å². The summed E-state index contributed by atoms with van der Waals surface area (Å²) in [6.45, 7) is 2.34. The first-order valence-corrected chi connectivity index (χ1v) is 12.0. The highest BCUT2D eigenvalue weighted by Gasteiger charge is 2.31. The minimum atomic E-state index is -3.76. The van der Waals surface area contributed by atoms with Gasteiger partial charge in [0.1, 0.15) is 5.82 Å². The Bertz CT molecular complexity index is 1470. The predicted octanol–water partition coefficient (Wildman–Crippen LogP) is 3.57. The number of sulfonamides is 1. The minimum absolute atomic E-state index is 0.0219. The Morgan fingerprint density at radius 2 is 1.75 bits per heavy atom. The topological polar surface area (TPSA) is 83.1 Å². The van der Waals surface area contributed by atoms with Crippen LogP contribution in [0.1, 0.15) is 28.2 Å². The number of aromatic amines is 1. The molecule has 4 aromatic rings. The summed E-state index contributed by atoms with van der Waals surface area (Å²) < 4.78 is 28.3. The molecule has 0 fully saturated rings. The molecule has 0 saturated heterocycles. The fourth-order valence-corrected chi connectivity index (χ4v) is 5.82. The number of aryl methyl sites for hydroxylation is 1. The van der Waals surface area contributed by atoms with E-state index in [2.05, 4.69) is 9.97 Å². The van der Waals surface area contributed by atoms with Crippen LogP contribution in [-0.4, -0.2) is 29.2 Å². The lowest BCUT2D eigenvalue weighted by molar-refractivity contribution is 0.385. The van der Waals surface area contributed by atoms with Crippen LogP contribution >= 0.6 is 0 Å². The molecule has 0 saturated carbocycles. The maximum Gasteiger partial charge on any atom is 0.255 e. The first-order valence-electron chi connectivity index (χ1n) is 10.6. The SMILES string of the molecule is Cc1ccc(Cc2nc3c(c(=O)[nH]2)CN(S(=O)(=O)c2cccc4ccccc24)CC3)cc1. The third-order valence-corrected chi connectivity index (χ3v) is 7.85. The maximum atomic E-state index is 13.5. The standard InChI is InChI=1S/C25H23N3O3S/c1-17-9-11-18(12-10-17)15-24-26-22-13-14-28(16-21(22)25(29)27-24)32(30,31)23-8-4-6-19-5-2-3-7-20(19)23/h2-12H,13-16H2,1H3,(H,26,27,29). The Labute approximate surface area is 186 Å². The molecule has 0 atom stereocenters. The Kier molecular flexibility index (Phi) is 5.15. The van der Waals surface area contributed by atoms with Crippen LogP contribution in [0.25, 0.3) is 10.8 Å². The largest absolute Gasteiger partial charge is 0.310 e. The van der Waals surface area contributed by atoms with Crippen LogP contribution in [0.5, 0.6) is 0 Å². The number of rotatable bonds is 4. The molecular weight excluding hydrogens is 422 g/mol. The molecule has 0 spiro atoms. The molecule has 0 radical (unpaired) electrons. The molecule has 1 aliphatic heterocycles. The van der Waals surface area contributed by atoms with Crippen molar-refractivity contribution in [3.05, 3.63) is 105 Å². The summed E-state index contributed by atoms with van der Waals surface area (Å²) in [5.74, 6) is 0.600. The van der Waals surface area contributed by atoms with E-state index in [1.807, 2.05) is 61.5 Å². The summed E-state index contributed by atoms with van der Waals surface area (Å²) in [5, 5.41) is 1.55. The van der Waals surface area contributed by atoms with Crippen LogP contribution in [0.2, 0.25) is 0 Å². The number of nitrogens with zero attached hydrogens (tertiary/aromatic N) is 2. The monoisotopic (exact) mass is 445 g/mol. The van der Waals surface area contributed by atoms with Gasteiger partial charge in [-0.25, -0.2) is 13.4 Å². The smallest absolute Gasteiger partial charge is 0.255 e. The van der Waals surface area contributed by atoms with Gasteiger partial charge in [-0.2, -0.15) is 4.31 Å². The molecule has 0 aliphatic carbocycles. The first-order chi connectivity index (χ1) is 15.4. The van der Waals surface area contributed by atoms with Crippen molar-refractivity contribution in [1.82, 2.24) is 14.3 Å². The van der Waals surface area contributed by atoms with Gasteiger partial charge < -0.3 is 4.98 Å². The molecule has 5 rings (SSSR count). The van der Waals surface area contributed by atoms with Crippen molar-refractivity contribution in [2.75, 3.05) is 6.54 Å². The Morgan fingerprint density at radius 1 is 1.00 bits per heavy atom. The molecule has 32 heavy (non-hydrogen) atoms. The van der Waals surface area contributed by atoms with Crippen LogP contribution in [0.3, 0.4) is 0 Å². The molecule has 1 aliphatic rings. The Balaban J connectivity index is 1.45. The highest BCUT2D eigenvalue weighted by molar-refractivity contribution is 7.89. The van der Waals surface area contributed by atoms with Crippen LogP contribution in [0.4, 0.5) is 0 Å². The van der Waals surface area contributed by atoms with Gasteiger partial charge in [0.05, 0.1) is 16.2 Å². The molecule has 1 N–H and O–H groups in total. The van der Waals surface area contributed by atoms with Gasteiger partial charge in [0.15, 0.2) is 0 Å². The van der Waals surface area contributed by atoms with Crippen molar-refractivity contribution in [3.8, 4) is 0 Å². The van der Waals surface area contributed by atoms with Gasteiger partial charge >= 0.3 is 0 Å². The molecule has 1 aromatic heterocycles. The summed E-state index contributed by atoms with van der Waals surface area (Å²) in [6.07, 6.45) is 0.935. The summed E-state index contributed by atoms with van der Waals surface area (Å²) in [5.41, 5.74) is 3.07. The van der Waals surface area contributed by atoms with E-state index in [-0.39, 0.29) is 17.0 Å². The number of nitrogens with one attached hydrogen (secondary N) is 1. The highest BCUT2D eigenvalue weighted by Crippen LogP contribution is 2.28. The van der Waals surface area contributed by atoms with Crippen LogP contribution in [0, 0.1) is 6.92 Å². The number of aromatic nitrogens is 2. The fraction of sp³-hybridized carbons (Fsp3) is 0.200. The minimum Gasteiger partial charge on any atom is -0.310 e. The van der Waals surface area contributed by atoms with Crippen molar-refractivity contribution in [1.29, 1.82) is 0 Å². The lowest BCUT2D eigenvalue weighted by Gasteiger charge is -2.27. The lowest BCUT2D eigenvalue weighted by Crippen LogP contribution is -2.39. The van der Waals surface area contributed by atoms with E-state index in [1.165, 1.54) is 9.87 Å². The van der Waals surface area contributed by atoms with Crippen molar-refractivity contribution in [3.63, 3.8) is 0 Å². The molecule has 0 amide bonds. The van der Waals surface area contributed by atoms with Crippen molar-refractivity contribution < 1.29 is 8.42 Å². The van der Waals surface area contributed by atoms with E-state index < -0.39 is 10.0 Å². The summed E-state index contributed by atoms with van der Waals surface area (Å²) in [4.78, 5) is 20.6. The summed E-state index contributed by atoms with van der Waals surface area (Å²) in [7, 11) is -3.76. The zero-order chi connectivity index (χ0) is 22.3. The molecule has 2 heterocycles. The quantitative estimate of drug-likeness (QED) is 0.521. The Hall–Kier alpha value is -3.29. The number of fused-ring (bicyclic) bond motifs is 2. The van der Waals surface area contributed by atoms with Crippen LogP contribution in [-0.2, 0) is 29.4 Å². The maximum absolute atomic E-state index is 13.5. The van der Waals surface area contributed by atoms with E-state index >= 15 is 0 Å². The molecular formula is C25H23N3O3S. The van der Waals surface area contributed by atoms with Gasteiger partial charge in [0.2, 0.25) is 10.0 Å². The number of hydrogen-bond donors (Lipinski definition) is 1. The fourth-order valence-electron chi connectivity index (χ4n) is 4.20. The zero-order valence-corrected chi connectivity index (χ0v) is 18.5. The second kappa shape index (κ2) is 8.00. The van der Waals surface area contributed by atoms with Gasteiger partial charge in [-0.05, 0) is 23.9 Å². The van der Waals surface area contributed by atoms with E-state index in [4.69, 9.17) is 0 Å². The van der Waals surface area contributed by atoms with Gasteiger partial charge in [0.25, 0.3) is 5.56 Å². The van der Waals surface area contributed by atoms with Crippen LogP contribution in [0.15, 0.2) is 76.4 Å². The predicted molar refractivity (Wildman–Crippen MR) is 124 cm³/mol. The number of hydrogen-bond acceptors (Lipinski definition) is 4. The van der Waals surface area contributed by atoms with Crippen LogP contribution < -0.4 is 5.56 Å². The third kappa shape index (κ3) is 3.74. The Morgan fingerprint density at radius 3 is 2.56 bits per heavy atom. The normalized spacial score (nSPS) is 14.4. The second-order valence-corrected chi connectivity index (χ2v) is 10.1. The first kappa shape index (κ1) is 20.6. The molecule has 3 aromatic carbocycles. The average molecular weight is 446 g/mol. The molecule has 0 bridgehead atoms.